The zero-order chi connectivity index (χ0) is 25.6. The number of aromatic nitrogens is 2. The normalized spacial score (nSPS) is 10.5. The minimum absolute atomic E-state index is 0.252. The van der Waals surface area contributed by atoms with Crippen molar-refractivity contribution in [3.8, 4) is 11.3 Å². The Hall–Kier alpha value is -4.54. The molecule has 2 aromatic carbocycles. The summed E-state index contributed by atoms with van der Waals surface area (Å²) < 4.78 is 0. The summed E-state index contributed by atoms with van der Waals surface area (Å²) >= 11 is 2.94. The summed E-state index contributed by atoms with van der Waals surface area (Å²) in [7, 11) is 0. The third-order valence-electron chi connectivity index (χ3n) is 5.36. The van der Waals surface area contributed by atoms with Gasteiger partial charge in [-0.3, -0.25) is 15.1 Å². The number of thiophene rings is 1. The minimum atomic E-state index is -0.341. The Morgan fingerprint density at radius 3 is 2.46 bits per heavy atom. The van der Waals surface area contributed by atoms with Gasteiger partial charge in [-0.2, -0.15) is 0 Å². The molecular formula is C27H22N6O2S2. The lowest BCUT2D eigenvalue weighted by Crippen LogP contribution is -2.19. The molecule has 37 heavy (non-hydrogen) atoms. The van der Waals surface area contributed by atoms with Crippen LogP contribution in [0, 0.1) is 6.92 Å². The molecule has 8 nitrogen and oxygen atoms in total. The first kappa shape index (κ1) is 24.2. The molecule has 0 atom stereocenters. The molecule has 0 radical (unpaired) electrons. The Bertz CT molecular complexity index is 1520. The van der Waals surface area contributed by atoms with E-state index in [-0.39, 0.29) is 11.9 Å². The van der Waals surface area contributed by atoms with E-state index in [9.17, 15) is 9.59 Å². The second-order valence-electron chi connectivity index (χ2n) is 8.02. The van der Waals surface area contributed by atoms with Gasteiger partial charge >= 0.3 is 6.03 Å². The number of nitrogens with zero attached hydrogens (tertiary/aromatic N) is 2. The zero-order valence-corrected chi connectivity index (χ0v) is 21.3. The number of rotatable bonds is 7. The van der Waals surface area contributed by atoms with Crippen LogP contribution in [0.25, 0.3) is 11.3 Å². The van der Waals surface area contributed by atoms with Crippen molar-refractivity contribution in [3.63, 3.8) is 0 Å². The van der Waals surface area contributed by atoms with Crippen molar-refractivity contribution in [2.45, 2.75) is 6.92 Å². The second kappa shape index (κ2) is 11.0. The molecule has 3 amide bonds. The number of hydrogen-bond donors (Lipinski definition) is 4. The van der Waals surface area contributed by atoms with E-state index in [1.54, 1.807) is 36.7 Å². The van der Waals surface area contributed by atoms with E-state index in [1.807, 2.05) is 60.1 Å². The predicted molar refractivity (Wildman–Crippen MR) is 151 cm³/mol. The molecule has 0 saturated heterocycles. The van der Waals surface area contributed by atoms with Crippen molar-refractivity contribution < 1.29 is 9.59 Å². The first-order valence-corrected chi connectivity index (χ1v) is 13.1. The molecule has 184 valence electrons. The van der Waals surface area contributed by atoms with Crippen LogP contribution in [0.2, 0.25) is 0 Å². The van der Waals surface area contributed by atoms with Crippen LogP contribution in [0.15, 0.2) is 89.9 Å². The summed E-state index contributed by atoms with van der Waals surface area (Å²) in [5.74, 6) is -0.252. The average Bonchev–Trinajstić information content (AvgIpc) is 3.59. The van der Waals surface area contributed by atoms with Gasteiger partial charge in [-0.25, -0.2) is 9.78 Å². The molecule has 0 bridgehead atoms. The number of anilines is 5. The maximum Gasteiger partial charge on any atom is 0.324 e. The van der Waals surface area contributed by atoms with Gasteiger partial charge in [-0.15, -0.1) is 22.7 Å². The minimum Gasteiger partial charge on any atom is -0.331 e. The molecule has 0 aliphatic heterocycles. The van der Waals surface area contributed by atoms with Gasteiger partial charge in [0.15, 0.2) is 5.13 Å². The van der Waals surface area contributed by atoms with Crippen LogP contribution in [0.3, 0.4) is 0 Å². The standard InChI is InChI=1S/C27H22N6O2S2/c1-17-6-9-21(14-22(17)31-27-32-23(16-37-27)19-4-2-12-28-15-19)29-25(34)18-7-10-20(11-8-18)30-26(35)33-24-5-3-13-36-24/h2-16H,1H3,(H,29,34)(H,31,32)(H2,30,33,35). The number of carbonyl (C=O) groups is 2. The predicted octanol–water partition coefficient (Wildman–Crippen LogP) is 7.21. The molecule has 0 saturated carbocycles. The fraction of sp³-hybridized carbons (Fsp3) is 0.0370. The van der Waals surface area contributed by atoms with Gasteiger partial charge < -0.3 is 16.0 Å². The highest BCUT2D eigenvalue weighted by molar-refractivity contribution is 7.14. The van der Waals surface area contributed by atoms with Crippen LogP contribution in [-0.4, -0.2) is 21.9 Å². The van der Waals surface area contributed by atoms with Crippen LogP contribution in [0.5, 0.6) is 0 Å². The van der Waals surface area contributed by atoms with Gasteiger partial charge in [0.1, 0.15) is 0 Å². The van der Waals surface area contributed by atoms with E-state index in [0.29, 0.717) is 16.9 Å². The number of hydrogen-bond acceptors (Lipinski definition) is 7. The molecule has 5 rings (SSSR count). The number of benzene rings is 2. The molecule has 5 aromatic rings. The van der Waals surface area contributed by atoms with Crippen molar-refractivity contribution in [2.24, 2.45) is 0 Å². The Kier molecular flexibility index (Phi) is 7.20. The highest BCUT2D eigenvalue weighted by Crippen LogP contribution is 2.29. The van der Waals surface area contributed by atoms with Crippen LogP contribution in [0.1, 0.15) is 15.9 Å². The molecule has 4 N–H and O–H groups in total. The first-order valence-electron chi connectivity index (χ1n) is 11.3. The largest absolute Gasteiger partial charge is 0.331 e. The third kappa shape index (κ3) is 6.18. The molecule has 0 fully saturated rings. The summed E-state index contributed by atoms with van der Waals surface area (Å²) in [6, 6.07) is 19.6. The van der Waals surface area contributed by atoms with Crippen molar-refractivity contribution in [1.82, 2.24) is 9.97 Å². The smallest absolute Gasteiger partial charge is 0.324 e. The molecule has 10 heteroatoms. The van der Waals surface area contributed by atoms with Crippen LogP contribution in [-0.2, 0) is 0 Å². The monoisotopic (exact) mass is 526 g/mol. The summed E-state index contributed by atoms with van der Waals surface area (Å²) in [5, 5.41) is 17.1. The van der Waals surface area contributed by atoms with Gasteiger partial charge in [-0.1, -0.05) is 6.07 Å². The lowest BCUT2D eigenvalue weighted by Gasteiger charge is -2.11. The number of aryl methyl sites for hydroxylation is 1. The van der Waals surface area contributed by atoms with Gasteiger partial charge in [0.25, 0.3) is 5.91 Å². The number of thiazole rings is 1. The Labute approximate surface area is 221 Å². The Morgan fingerprint density at radius 1 is 0.865 bits per heavy atom. The van der Waals surface area contributed by atoms with Crippen LogP contribution in [0.4, 0.5) is 32.0 Å². The summed E-state index contributed by atoms with van der Waals surface area (Å²) in [4.78, 5) is 33.7. The lowest BCUT2D eigenvalue weighted by molar-refractivity contribution is 0.102. The zero-order valence-electron chi connectivity index (χ0n) is 19.7. The van der Waals surface area contributed by atoms with Gasteiger partial charge in [-0.05, 0) is 78.5 Å². The topological polar surface area (TPSA) is 108 Å². The SMILES string of the molecule is Cc1ccc(NC(=O)c2ccc(NC(=O)Nc3cccs3)cc2)cc1Nc1nc(-c2cccnc2)cs1. The highest BCUT2D eigenvalue weighted by atomic mass is 32.1. The van der Waals surface area contributed by atoms with E-state index >= 15 is 0 Å². The highest BCUT2D eigenvalue weighted by Gasteiger charge is 2.11. The fourth-order valence-corrected chi connectivity index (χ4v) is 4.80. The van der Waals surface area contributed by atoms with Crippen molar-refractivity contribution in [1.29, 1.82) is 0 Å². The van der Waals surface area contributed by atoms with Gasteiger partial charge in [0, 0.05) is 46.0 Å². The van der Waals surface area contributed by atoms with E-state index in [4.69, 9.17) is 0 Å². The number of carbonyl (C=O) groups excluding carboxylic acids is 2. The molecule has 0 aliphatic carbocycles. The first-order chi connectivity index (χ1) is 18.0. The Morgan fingerprint density at radius 2 is 1.70 bits per heavy atom. The van der Waals surface area contributed by atoms with Crippen molar-refractivity contribution >= 4 is 61.8 Å². The van der Waals surface area contributed by atoms with E-state index in [1.165, 1.54) is 22.7 Å². The quantitative estimate of drug-likeness (QED) is 0.179. The number of pyridine rings is 1. The fourth-order valence-electron chi connectivity index (χ4n) is 3.46. The maximum absolute atomic E-state index is 12.8. The molecule has 3 heterocycles. The Balaban J connectivity index is 1.21. The molecule has 3 aromatic heterocycles. The third-order valence-corrected chi connectivity index (χ3v) is 6.90. The van der Waals surface area contributed by atoms with E-state index in [2.05, 4.69) is 31.2 Å². The number of amides is 3. The van der Waals surface area contributed by atoms with Crippen molar-refractivity contribution in [3.05, 3.63) is 101 Å². The van der Waals surface area contributed by atoms with Gasteiger partial charge in [0.05, 0.1) is 10.7 Å². The van der Waals surface area contributed by atoms with Crippen LogP contribution < -0.4 is 21.3 Å². The summed E-state index contributed by atoms with van der Waals surface area (Å²) in [6.07, 6.45) is 3.51. The van der Waals surface area contributed by atoms with Crippen molar-refractivity contribution in [2.75, 3.05) is 21.3 Å². The number of urea groups is 1. The summed E-state index contributed by atoms with van der Waals surface area (Å²) in [6.45, 7) is 1.99. The van der Waals surface area contributed by atoms with Gasteiger partial charge in [0.2, 0.25) is 0 Å². The van der Waals surface area contributed by atoms with E-state index in [0.717, 1.165) is 32.6 Å². The maximum atomic E-state index is 12.8. The van der Waals surface area contributed by atoms with Crippen LogP contribution >= 0.6 is 22.7 Å². The second-order valence-corrected chi connectivity index (χ2v) is 9.83. The van der Waals surface area contributed by atoms with E-state index < -0.39 is 0 Å². The molecule has 0 unspecified atom stereocenters. The lowest BCUT2D eigenvalue weighted by atomic mass is 10.1. The molecule has 0 spiro atoms. The summed E-state index contributed by atoms with van der Waals surface area (Å²) in [5.41, 5.74) is 5.38. The average molecular weight is 527 g/mol. The molecule has 0 aliphatic rings. The number of nitrogens with one attached hydrogen (secondary N) is 4. The molecular weight excluding hydrogens is 504 g/mol.